The maximum Gasteiger partial charge on any atom is 0.407 e. The van der Waals surface area contributed by atoms with Gasteiger partial charge in [-0.05, 0) is 80.0 Å². The number of ether oxygens (including phenoxy) is 2. The number of aromatic nitrogens is 1. The highest BCUT2D eigenvalue weighted by atomic mass is 19.1. The van der Waals surface area contributed by atoms with Gasteiger partial charge in [0.15, 0.2) is 0 Å². The first-order valence-electron chi connectivity index (χ1n) is 13.7. The Labute approximate surface area is 235 Å². The van der Waals surface area contributed by atoms with E-state index in [1.54, 1.807) is 55.7 Å². The van der Waals surface area contributed by atoms with Crippen LogP contribution in [0.5, 0.6) is 0 Å². The third-order valence-electron chi connectivity index (χ3n) is 6.04. The zero-order chi connectivity index (χ0) is 29.4. The van der Waals surface area contributed by atoms with Gasteiger partial charge in [-0.25, -0.2) is 14.0 Å². The Morgan fingerprint density at radius 2 is 1.77 bits per heavy atom. The molecule has 1 aromatic heterocycles. The number of halogens is 1. The molecule has 3 rings (SSSR count). The van der Waals surface area contributed by atoms with Gasteiger partial charge in [0.2, 0.25) is 0 Å². The third-order valence-corrected chi connectivity index (χ3v) is 6.04. The summed E-state index contributed by atoms with van der Waals surface area (Å²) in [5.41, 5.74) is 1.74. The zero-order valence-electron chi connectivity index (χ0n) is 24.2. The van der Waals surface area contributed by atoms with E-state index in [1.165, 1.54) is 18.2 Å². The highest BCUT2D eigenvalue weighted by Crippen LogP contribution is 2.32. The Hall–Kier alpha value is -3.94. The number of rotatable bonds is 10. The maximum atomic E-state index is 13.9. The van der Waals surface area contributed by atoms with Gasteiger partial charge in [0.25, 0.3) is 5.56 Å². The van der Waals surface area contributed by atoms with E-state index in [1.807, 2.05) is 26.8 Å². The molecule has 2 aromatic carbocycles. The van der Waals surface area contributed by atoms with Gasteiger partial charge >= 0.3 is 12.1 Å². The molecule has 0 radical (unpaired) electrons. The molecule has 0 unspecified atom stereocenters. The largest absolute Gasteiger partial charge is 0.463 e. The minimum atomic E-state index is -0.691. The number of amides is 1. The van der Waals surface area contributed by atoms with Crippen molar-refractivity contribution in [3.63, 3.8) is 0 Å². The lowest BCUT2D eigenvalue weighted by molar-refractivity contribution is -0.137. The minimum Gasteiger partial charge on any atom is -0.463 e. The monoisotopic (exact) mass is 550 g/mol. The normalized spacial score (nSPS) is 11.8. The van der Waals surface area contributed by atoms with Crippen LogP contribution < -0.4 is 10.9 Å². The molecule has 0 atom stereocenters. The number of benzene rings is 2. The second-order valence-corrected chi connectivity index (χ2v) is 11.2. The standard InChI is InChI=1S/C32H39FN2O5/c1-7-8-17-39-28(36)16-10-22-9-15-25-26(18-22)29(23-11-13-24(33)14-12-23)27(35(30(25)37)20-21(2)3)19-34-31(38)40-32(4,5)6/h9-16,18,21H,7-8,17,19-20H2,1-6H3,(H,34,38). The van der Waals surface area contributed by atoms with E-state index in [-0.39, 0.29) is 23.8 Å². The third kappa shape index (κ3) is 8.28. The van der Waals surface area contributed by atoms with Crippen LogP contribution in [-0.2, 0) is 27.4 Å². The fourth-order valence-corrected chi connectivity index (χ4v) is 4.30. The summed E-state index contributed by atoms with van der Waals surface area (Å²) in [7, 11) is 0. The Kier molecular flexibility index (Phi) is 10.3. The smallest absolute Gasteiger partial charge is 0.407 e. The molecule has 1 amide bonds. The van der Waals surface area contributed by atoms with Crippen molar-refractivity contribution in [2.75, 3.05) is 6.61 Å². The number of pyridine rings is 1. The highest BCUT2D eigenvalue weighted by Gasteiger charge is 2.22. The van der Waals surface area contributed by atoms with Gasteiger partial charge in [-0.1, -0.05) is 45.4 Å². The number of nitrogens with zero attached hydrogens (tertiary/aromatic N) is 1. The first kappa shape index (κ1) is 30.6. The van der Waals surface area contributed by atoms with Crippen LogP contribution in [0.3, 0.4) is 0 Å². The van der Waals surface area contributed by atoms with E-state index in [0.717, 1.165) is 12.8 Å². The molecule has 40 heavy (non-hydrogen) atoms. The molecule has 0 saturated carbocycles. The van der Waals surface area contributed by atoms with Crippen LogP contribution in [0.1, 0.15) is 65.6 Å². The van der Waals surface area contributed by atoms with E-state index in [9.17, 15) is 18.8 Å². The molecular weight excluding hydrogens is 511 g/mol. The molecular formula is C32H39FN2O5. The number of esters is 1. The number of hydrogen-bond acceptors (Lipinski definition) is 5. The number of fused-ring (bicyclic) bond motifs is 1. The van der Waals surface area contributed by atoms with Crippen molar-refractivity contribution in [1.82, 2.24) is 9.88 Å². The summed E-state index contributed by atoms with van der Waals surface area (Å²) in [6.45, 7) is 12.1. The summed E-state index contributed by atoms with van der Waals surface area (Å²) in [4.78, 5) is 38.5. The van der Waals surface area contributed by atoms with Crippen molar-refractivity contribution >= 4 is 28.9 Å². The van der Waals surface area contributed by atoms with E-state index < -0.39 is 17.7 Å². The second kappa shape index (κ2) is 13.4. The molecule has 0 aliphatic carbocycles. The van der Waals surface area contributed by atoms with E-state index in [2.05, 4.69) is 5.32 Å². The van der Waals surface area contributed by atoms with Crippen LogP contribution >= 0.6 is 0 Å². The molecule has 1 heterocycles. The summed E-state index contributed by atoms with van der Waals surface area (Å²) in [5, 5.41) is 3.89. The molecule has 0 spiro atoms. The fourth-order valence-electron chi connectivity index (χ4n) is 4.30. The van der Waals surface area contributed by atoms with Crippen LogP contribution in [0.4, 0.5) is 9.18 Å². The summed E-state index contributed by atoms with van der Waals surface area (Å²) in [5.74, 6) is -0.693. The number of alkyl carbamates (subject to hydrolysis) is 1. The van der Waals surface area contributed by atoms with Crippen molar-refractivity contribution in [2.45, 2.75) is 73.1 Å². The van der Waals surface area contributed by atoms with Gasteiger partial charge in [0.1, 0.15) is 11.4 Å². The van der Waals surface area contributed by atoms with Crippen molar-refractivity contribution in [1.29, 1.82) is 0 Å². The molecule has 1 N–H and O–H groups in total. The Balaban J connectivity index is 2.20. The molecule has 214 valence electrons. The number of carbonyl (C=O) groups is 2. The quantitative estimate of drug-likeness (QED) is 0.170. The first-order valence-corrected chi connectivity index (χ1v) is 13.7. The molecule has 0 aliphatic heterocycles. The lowest BCUT2D eigenvalue weighted by Crippen LogP contribution is -2.35. The van der Waals surface area contributed by atoms with Gasteiger partial charge in [0.05, 0.1) is 13.2 Å². The molecule has 0 aliphatic rings. The Morgan fingerprint density at radius 3 is 2.40 bits per heavy atom. The van der Waals surface area contributed by atoms with Crippen molar-refractivity contribution in [2.24, 2.45) is 5.92 Å². The van der Waals surface area contributed by atoms with E-state index in [4.69, 9.17) is 9.47 Å². The molecule has 0 saturated heterocycles. The molecule has 0 bridgehead atoms. The van der Waals surface area contributed by atoms with Gasteiger partial charge in [-0.2, -0.15) is 0 Å². The predicted molar refractivity (Wildman–Crippen MR) is 156 cm³/mol. The molecule has 8 heteroatoms. The number of nitrogens with one attached hydrogen (secondary N) is 1. The van der Waals surface area contributed by atoms with Gasteiger partial charge in [-0.15, -0.1) is 0 Å². The van der Waals surface area contributed by atoms with Gasteiger partial charge in [-0.3, -0.25) is 4.79 Å². The van der Waals surface area contributed by atoms with Crippen LogP contribution in [-0.4, -0.2) is 28.8 Å². The van der Waals surface area contributed by atoms with Crippen molar-refractivity contribution in [3.8, 4) is 11.1 Å². The summed E-state index contributed by atoms with van der Waals surface area (Å²) >= 11 is 0. The van der Waals surface area contributed by atoms with Crippen LogP contribution in [0, 0.1) is 11.7 Å². The van der Waals surface area contributed by atoms with Gasteiger partial charge in [0, 0.05) is 29.3 Å². The van der Waals surface area contributed by atoms with Crippen molar-refractivity contribution in [3.05, 3.63) is 76.0 Å². The summed E-state index contributed by atoms with van der Waals surface area (Å²) in [6.07, 6.45) is 4.10. The summed E-state index contributed by atoms with van der Waals surface area (Å²) < 4.78 is 26.2. The Morgan fingerprint density at radius 1 is 1.07 bits per heavy atom. The second-order valence-electron chi connectivity index (χ2n) is 11.2. The fraction of sp³-hybridized carbons (Fsp3) is 0.406. The predicted octanol–water partition coefficient (Wildman–Crippen LogP) is 6.84. The topological polar surface area (TPSA) is 86.6 Å². The van der Waals surface area contributed by atoms with Crippen LogP contribution in [0.2, 0.25) is 0 Å². The molecule has 7 nitrogen and oxygen atoms in total. The number of carbonyl (C=O) groups excluding carboxylic acids is 2. The lowest BCUT2D eigenvalue weighted by Gasteiger charge is -2.23. The lowest BCUT2D eigenvalue weighted by atomic mass is 9.94. The zero-order valence-corrected chi connectivity index (χ0v) is 24.2. The maximum absolute atomic E-state index is 13.9. The van der Waals surface area contributed by atoms with Crippen molar-refractivity contribution < 1.29 is 23.5 Å². The SMILES string of the molecule is CCCCOC(=O)C=Cc1ccc2c(=O)n(CC(C)C)c(CNC(=O)OC(C)(C)C)c(-c3ccc(F)cc3)c2c1. The average Bonchev–Trinajstić information content (AvgIpc) is 2.87. The first-order chi connectivity index (χ1) is 18.9. The average molecular weight is 551 g/mol. The number of hydrogen-bond donors (Lipinski definition) is 1. The summed E-state index contributed by atoms with van der Waals surface area (Å²) in [6, 6.07) is 11.3. The molecule has 0 fully saturated rings. The Bertz CT molecular complexity index is 1430. The minimum absolute atomic E-state index is 0.0172. The molecule has 3 aromatic rings. The van der Waals surface area contributed by atoms with Crippen LogP contribution in [0.25, 0.3) is 28.0 Å². The van der Waals surface area contributed by atoms with E-state index >= 15 is 0 Å². The van der Waals surface area contributed by atoms with Gasteiger partial charge < -0.3 is 19.4 Å². The van der Waals surface area contributed by atoms with Crippen LogP contribution in [0.15, 0.2) is 53.3 Å². The van der Waals surface area contributed by atoms with E-state index in [0.29, 0.717) is 46.3 Å². The highest BCUT2D eigenvalue weighted by molar-refractivity contribution is 5.99. The number of unbranched alkanes of at least 4 members (excludes halogenated alkanes) is 1.